The molecule has 0 bridgehead atoms. The Kier molecular flexibility index (Phi) is 6.79. The fourth-order valence-corrected chi connectivity index (χ4v) is 3.14. The molecule has 0 atom stereocenters. The van der Waals surface area contributed by atoms with Gasteiger partial charge in [-0.15, -0.1) is 0 Å². The van der Waals surface area contributed by atoms with Crippen LogP contribution in [0.3, 0.4) is 0 Å². The molecule has 0 aliphatic carbocycles. The van der Waals surface area contributed by atoms with Crippen molar-refractivity contribution in [2.24, 2.45) is 0 Å². The average molecular weight is 432 g/mol. The summed E-state index contributed by atoms with van der Waals surface area (Å²) in [6, 6.07) is 15.0. The van der Waals surface area contributed by atoms with E-state index in [0.717, 1.165) is 28.8 Å². The van der Waals surface area contributed by atoms with Gasteiger partial charge in [0.2, 0.25) is 0 Å². The first-order valence-corrected chi connectivity index (χ1v) is 11.3. The Labute approximate surface area is 176 Å². The first-order valence-electron chi connectivity index (χ1n) is 9.49. The predicted molar refractivity (Wildman–Crippen MR) is 114 cm³/mol. The van der Waals surface area contributed by atoms with Crippen molar-refractivity contribution in [3.63, 3.8) is 0 Å². The van der Waals surface area contributed by atoms with Crippen LogP contribution in [0.5, 0.6) is 11.5 Å². The highest BCUT2D eigenvalue weighted by Crippen LogP contribution is 2.35. The van der Waals surface area contributed by atoms with Gasteiger partial charge in [0, 0.05) is 17.0 Å². The number of ether oxygens (including phenoxy) is 2. The summed E-state index contributed by atoms with van der Waals surface area (Å²) in [4.78, 5) is 4.71. The lowest BCUT2D eigenvalue weighted by Gasteiger charge is -2.07. The van der Waals surface area contributed by atoms with Gasteiger partial charge in [-0.3, -0.25) is 4.18 Å². The summed E-state index contributed by atoms with van der Waals surface area (Å²) < 4.78 is 43.5. The highest BCUT2D eigenvalue weighted by atomic mass is 32.2. The van der Waals surface area contributed by atoms with Crippen LogP contribution < -0.4 is 9.47 Å². The van der Waals surface area contributed by atoms with E-state index in [1.165, 1.54) is 0 Å². The largest absolute Gasteiger partial charge is 0.497 e. The van der Waals surface area contributed by atoms with Gasteiger partial charge < -0.3 is 13.9 Å². The summed E-state index contributed by atoms with van der Waals surface area (Å²) in [5, 5.41) is 0. The van der Waals surface area contributed by atoms with Crippen LogP contribution in [0, 0.1) is 0 Å². The summed E-state index contributed by atoms with van der Waals surface area (Å²) in [7, 11) is -1.84. The van der Waals surface area contributed by atoms with Crippen molar-refractivity contribution in [1.29, 1.82) is 0 Å². The topological polar surface area (TPSA) is 87.9 Å². The molecule has 0 N–H and O–H groups in total. The van der Waals surface area contributed by atoms with Crippen molar-refractivity contribution >= 4 is 10.1 Å². The molecular weight excluding hydrogens is 406 g/mol. The monoisotopic (exact) mass is 431 g/mol. The Hall–Kier alpha value is -2.84. The Morgan fingerprint density at radius 1 is 0.933 bits per heavy atom. The number of methoxy groups -OCH3 is 1. The molecule has 0 saturated heterocycles. The Morgan fingerprint density at radius 2 is 1.53 bits per heavy atom. The van der Waals surface area contributed by atoms with Gasteiger partial charge in [0.15, 0.2) is 11.7 Å². The predicted octanol–water partition coefficient (Wildman–Crippen LogP) is 4.50. The van der Waals surface area contributed by atoms with Crippen LogP contribution in [-0.4, -0.2) is 40.0 Å². The minimum absolute atomic E-state index is 0.0396. The lowest BCUT2D eigenvalue weighted by molar-refractivity contribution is 0.222. The molecule has 0 aliphatic rings. The second-order valence-corrected chi connectivity index (χ2v) is 8.66. The third kappa shape index (κ3) is 5.61. The molecule has 1 aromatic heterocycles. The molecule has 0 radical (unpaired) electrons. The molecule has 2 aromatic carbocycles. The van der Waals surface area contributed by atoms with E-state index in [0.29, 0.717) is 17.4 Å². The molecule has 3 rings (SSSR count). The van der Waals surface area contributed by atoms with E-state index in [1.54, 1.807) is 19.2 Å². The van der Waals surface area contributed by atoms with Gasteiger partial charge in [0.05, 0.1) is 13.4 Å². The molecule has 0 saturated carbocycles. The number of hydrogen-bond acceptors (Lipinski definition) is 7. The quantitative estimate of drug-likeness (QED) is 0.364. The molecule has 160 valence electrons. The van der Waals surface area contributed by atoms with E-state index in [9.17, 15) is 8.42 Å². The van der Waals surface area contributed by atoms with Crippen LogP contribution in [0.1, 0.15) is 25.7 Å². The highest BCUT2D eigenvalue weighted by Gasteiger charge is 2.19. The van der Waals surface area contributed by atoms with Crippen molar-refractivity contribution < 1.29 is 26.5 Å². The second kappa shape index (κ2) is 9.32. The number of rotatable bonds is 9. The molecule has 7 nitrogen and oxygen atoms in total. The maximum atomic E-state index is 11.0. The fourth-order valence-electron chi connectivity index (χ4n) is 2.77. The molecule has 0 unspecified atom stereocenters. The van der Waals surface area contributed by atoms with Crippen molar-refractivity contribution in [3.05, 3.63) is 54.4 Å². The van der Waals surface area contributed by atoms with E-state index >= 15 is 0 Å². The van der Waals surface area contributed by atoms with Crippen LogP contribution in [-0.2, 0) is 14.3 Å². The SMILES string of the molecule is COc1ccc(-c2nc(C(C)C)oc2-c2ccc(OCCOS(C)(=O)=O)cc2)cc1. The van der Waals surface area contributed by atoms with Gasteiger partial charge in [0.1, 0.15) is 30.4 Å². The maximum absolute atomic E-state index is 11.0. The van der Waals surface area contributed by atoms with Crippen LogP contribution in [0.4, 0.5) is 0 Å². The molecule has 3 aromatic rings. The molecule has 0 spiro atoms. The van der Waals surface area contributed by atoms with Crippen LogP contribution in [0.15, 0.2) is 52.9 Å². The first-order chi connectivity index (χ1) is 14.3. The summed E-state index contributed by atoms with van der Waals surface area (Å²) in [6.45, 7) is 4.15. The highest BCUT2D eigenvalue weighted by molar-refractivity contribution is 7.85. The van der Waals surface area contributed by atoms with E-state index in [4.69, 9.17) is 18.9 Å². The fraction of sp³-hybridized carbons (Fsp3) is 0.318. The number of hydrogen-bond donors (Lipinski definition) is 0. The number of oxazole rings is 1. The Bertz CT molecular complexity index is 1070. The maximum Gasteiger partial charge on any atom is 0.264 e. The van der Waals surface area contributed by atoms with Crippen molar-refractivity contribution in [2.45, 2.75) is 19.8 Å². The number of aromatic nitrogens is 1. The summed E-state index contributed by atoms with van der Waals surface area (Å²) in [5.74, 6) is 2.86. The van der Waals surface area contributed by atoms with Crippen LogP contribution in [0.25, 0.3) is 22.6 Å². The molecule has 8 heteroatoms. The minimum atomic E-state index is -3.47. The molecule has 1 heterocycles. The summed E-state index contributed by atoms with van der Waals surface area (Å²) >= 11 is 0. The average Bonchev–Trinajstić information content (AvgIpc) is 3.17. The minimum Gasteiger partial charge on any atom is -0.497 e. The standard InChI is InChI=1S/C22H25NO6S/c1-15(2)22-23-20(16-5-9-18(26-3)10-6-16)21(29-22)17-7-11-19(12-8-17)27-13-14-28-30(4,24)25/h5-12,15H,13-14H2,1-4H3. The third-order valence-electron chi connectivity index (χ3n) is 4.27. The number of nitrogens with zero attached hydrogens (tertiary/aromatic N) is 1. The van der Waals surface area contributed by atoms with Gasteiger partial charge in [-0.2, -0.15) is 8.42 Å². The van der Waals surface area contributed by atoms with Gasteiger partial charge in [-0.05, 0) is 48.5 Å². The Morgan fingerprint density at radius 3 is 2.10 bits per heavy atom. The van der Waals surface area contributed by atoms with E-state index in [1.807, 2.05) is 50.2 Å². The summed E-state index contributed by atoms with van der Waals surface area (Å²) in [5.41, 5.74) is 2.55. The van der Waals surface area contributed by atoms with E-state index in [-0.39, 0.29) is 19.1 Å². The van der Waals surface area contributed by atoms with Crippen LogP contribution >= 0.6 is 0 Å². The first kappa shape index (κ1) is 21.9. The summed E-state index contributed by atoms with van der Waals surface area (Å²) in [6.07, 6.45) is 1.00. The van der Waals surface area contributed by atoms with Gasteiger partial charge in [0.25, 0.3) is 10.1 Å². The third-order valence-corrected chi connectivity index (χ3v) is 4.86. The van der Waals surface area contributed by atoms with E-state index < -0.39 is 10.1 Å². The Balaban J connectivity index is 1.82. The second-order valence-electron chi connectivity index (χ2n) is 7.01. The zero-order valence-corrected chi connectivity index (χ0v) is 18.2. The molecule has 0 fully saturated rings. The smallest absolute Gasteiger partial charge is 0.264 e. The lowest BCUT2D eigenvalue weighted by atomic mass is 10.1. The van der Waals surface area contributed by atoms with Crippen molar-refractivity contribution in [2.75, 3.05) is 26.6 Å². The van der Waals surface area contributed by atoms with Gasteiger partial charge in [-0.25, -0.2) is 4.98 Å². The number of benzene rings is 2. The molecule has 0 amide bonds. The van der Waals surface area contributed by atoms with Gasteiger partial charge in [-0.1, -0.05) is 13.8 Å². The normalized spacial score (nSPS) is 11.6. The zero-order valence-electron chi connectivity index (χ0n) is 17.4. The van der Waals surface area contributed by atoms with Crippen molar-refractivity contribution in [1.82, 2.24) is 4.98 Å². The molecule has 30 heavy (non-hydrogen) atoms. The lowest BCUT2D eigenvalue weighted by Crippen LogP contribution is -2.11. The zero-order chi connectivity index (χ0) is 21.7. The molecule has 0 aliphatic heterocycles. The van der Waals surface area contributed by atoms with E-state index in [2.05, 4.69) is 4.18 Å². The molecular formula is C22H25NO6S. The van der Waals surface area contributed by atoms with Crippen LogP contribution in [0.2, 0.25) is 0 Å². The van der Waals surface area contributed by atoms with Crippen molar-refractivity contribution in [3.8, 4) is 34.1 Å². The van der Waals surface area contributed by atoms with Gasteiger partial charge >= 0.3 is 0 Å².